The fraction of sp³-hybridized carbons (Fsp3) is 0.579. The van der Waals surface area contributed by atoms with Crippen molar-refractivity contribution in [1.29, 1.82) is 0 Å². The summed E-state index contributed by atoms with van der Waals surface area (Å²) in [4.78, 5) is 22.9. The normalized spacial score (nSPS) is 13.9. The van der Waals surface area contributed by atoms with E-state index in [1.54, 1.807) is 20.8 Å². The number of hydrogen-bond acceptors (Lipinski definition) is 5. The molecule has 0 heterocycles. The number of benzene rings is 1. The minimum atomic E-state index is -2.11. The molecular formula is C19H28O6P+. The Kier molecular flexibility index (Phi) is 10.1. The number of rotatable bonds is 12. The molecule has 0 radical (unpaired) electrons. The van der Waals surface area contributed by atoms with Crippen LogP contribution in [0.25, 0.3) is 0 Å². The largest absolute Gasteiger partial charge is 0.476 e. The van der Waals surface area contributed by atoms with Crippen molar-refractivity contribution in [1.82, 2.24) is 0 Å². The van der Waals surface area contributed by atoms with Crippen LogP contribution in [-0.4, -0.2) is 35.3 Å². The Morgan fingerprint density at radius 2 is 1.81 bits per heavy atom. The van der Waals surface area contributed by atoms with Crippen LogP contribution in [-0.2, 0) is 30.0 Å². The molecule has 26 heavy (non-hydrogen) atoms. The number of unbranched alkanes of at least 4 members (excludes halogenated alkanes) is 1. The van der Waals surface area contributed by atoms with Gasteiger partial charge in [-0.1, -0.05) is 55.7 Å². The van der Waals surface area contributed by atoms with Gasteiger partial charge >= 0.3 is 25.6 Å². The van der Waals surface area contributed by atoms with E-state index in [0.717, 1.165) is 12.8 Å². The lowest BCUT2D eigenvalue weighted by Gasteiger charge is -2.21. The summed E-state index contributed by atoms with van der Waals surface area (Å²) in [7, 11) is -2.11. The third-order valence-corrected chi connectivity index (χ3v) is 5.38. The molecule has 1 N–H and O–H groups in total. The molecule has 0 spiro atoms. The molecule has 0 aliphatic rings. The number of carboxylic acids is 1. The van der Waals surface area contributed by atoms with Gasteiger partial charge in [-0.25, -0.2) is 4.79 Å². The maximum Gasteiger partial charge on any atom is 0.384 e. The lowest BCUT2D eigenvalue weighted by Crippen LogP contribution is -2.33. The monoisotopic (exact) mass is 383 g/mol. The van der Waals surface area contributed by atoms with Crippen molar-refractivity contribution in [2.24, 2.45) is 5.92 Å². The Morgan fingerprint density at radius 1 is 1.15 bits per heavy atom. The highest BCUT2D eigenvalue weighted by Gasteiger charge is 2.41. The second-order valence-corrected chi connectivity index (χ2v) is 8.12. The molecular weight excluding hydrogens is 355 g/mol. The van der Waals surface area contributed by atoms with Crippen molar-refractivity contribution in [2.75, 3.05) is 6.16 Å². The Labute approximate surface area is 155 Å². The summed E-state index contributed by atoms with van der Waals surface area (Å²) >= 11 is 0. The summed E-state index contributed by atoms with van der Waals surface area (Å²) in [5.41, 5.74) is 1.19. The van der Waals surface area contributed by atoms with Gasteiger partial charge in [-0.2, -0.15) is 0 Å². The number of carbonyl (C=O) groups is 2. The fourth-order valence-electron chi connectivity index (χ4n) is 2.27. The third kappa shape index (κ3) is 8.07. The highest BCUT2D eigenvalue weighted by molar-refractivity contribution is 7.46. The molecule has 0 saturated carbocycles. The van der Waals surface area contributed by atoms with Crippen molar-refractivity contribution in [3.63, 3.8) is 0 Å². The molecule has 3 atom stereocenters. The molecule has 7 heteroatoms. The van der Waals surface area contributed by atoms with Crippen LogP contribution in [0.4, 0.5) is 0 Å². The summed E-state index contributed by atoms with van der Waals surface area (Å²) in [5, 5.41) is 9.35. The zero-order valence-corrected chi connectivity index (χ0v) is 16.5. The number of carboxylic acid groups (broad SMARTS) is 1. The summed E-state index contributed by atoms with van der Waals surface area (Å²) in [6.07, 6.45) is 1.70. The van der Waals surface area contributed by atoms with Crippen molar-refractivity contribution in [2.45, 2.75) is 58.6 Å². The van der Waals surface area contributed by atoms with Crippen LogP contribution in [0.3, 0.4) is 0 Å². The van der Waals surface area contributed by atoms with Gasteiger partial charge in [0.05, 0.1) is 0 Å². The van der Waals surface area contributed by atoms with Crippen LogP contribution >= 0.6 is 7.80 Å². The van der Waals surface area contributed by atoms with Gasteiger partial charge in [0.25, 0.3) is 0 Å². The molecule has 0 saturated heterocycles. The zero-order valence-electron chi connectivity index (χ0n) is 15.6. The van der Waals surface area contributed by atoms with Gasteiger partial charge in [0.15, 0.2) is 0 Å². The van der Waals surface area contributed by atoms with E-state index in [9.17, 15) is 19.3 Å². The predicted octanol–water partition coefficient (Wildman–Crippen LogP) is 4.20. The smallest absolute Gasteiger partial charge is 0.384 e. The Balaban J connectivity index is 2.54. The molecule has 1 rings (SSSR count). The first-order chi connectivity index (χ1) is 12.3. The molecule has 1 unspecified atom stereocenters. The quantitative estimate of drug-likeness (QED) is 0.252. The van der Waals surface area contributed by atoms with Gasteiger partial charge in [0.1, 0.15) is 6.16 Å². The second kappa shape index (κ2) is 11.8. The maximum absolute atomic E-state index is 12.4. The van der Waals surface area contributed by atoms with Crippen LogP contribution in [0.1, 0.15) is 45.6 Å². The fourth-order valence-corrected chi connectivity index (χ4v) is 3.54. The first kappa shape index (κ1) is 22.3. The van der Waals surface area contributed by atoms with Crippen LogP contribution in [0.5, 0.6) is 0 Å². The summed E-state index contributed by atoms with van der Waals surface area (Å²) in [5.74, 6) is -3.49. The molecule has 0 fully saturated rings. The lowest BCUT2D eigenvalue weighted by molar-refractivity contribution is -0.198. The molecule has 0 aliphatic heterocycles. The minimum absolute atomic E-state index is 0.163. The molecule has 0 aromatic heterocycles. The van der Waals surface area contributed by atoms with Crippen molar-refractivity contribution in [3.05, 3.63) is 35.9 Å². The molecule has 0 amide bonds. The Hall–Kier alpha value is -1.78. The Morgan fingerprint density at radius 3 is 2.35 bits per heavy atom. The summed E-state index contributed by atoms with van der Waals surface area (Å²) in [6, 6.07) is 9.93. The highest BCUT2D eigenvalue weighted by Crippen LogP contribution is 2.33. The van der Waals surface area contributed by atoms with E-state index in [1.165, 1.54) is 5.56 Å². The van der Waals surface area contributed by atoms with Gasteiger partial charge in [-0.05, 0) is 24.8 Å². The average molecular weight is 383 g/mol. The standard InChI is InChI=1S/C19H27O6P/c1-4-16(20)24-18(14(2)3)25-19(17(21)22)26(23)13-9-8-12-15-10-6-5-7-11-15/h5-7,10-11,14,18-19H,4,8-9,12-13H2,1-3H3/p+1/t18-,19-/m1/s1. The van der Waals surface area contributed by atoms with E-state index in [4.69, 9.17) is 9.47 Å². The highest BCUT2D eigenvalue weighted by atomic mass is 31.1. The van der Waals surface area contributed by atoms with Crippen molar-refractivity contribution >= 4 is 19.7 Å². The Bertz CT molecular complexity index is 587. The first-order valence-electron chi connectivity index (χ1n) is 8.90. The molecule has 144 valence electrons. The first-order valence-corrected chi connectivity index (χ1v) is 10.4. The summed E-state index contributed by atoms with van der Waals surface area (Å²) < 4.78 is 22.9. The second-order valence-electron chi connectivity index (χ2n) is 6.37. The van der Waals surface area contributed by atoms with E-state index in [2.05, 4.69) is 0 Å². The number of aliphatic carboxylic acids is 1. The van der Waals surface area contributed by atoms with Crippen LogP contribution < -0.4 is 0 Å². The number of esters is 1. The van der Waals surface area contributed by atoms with Crippen molar-refractivity contribution < 1.29 is 28.7 Å². The lowest BCUT2D eigenvalue weighted by atomic mass is 10.1. The molecule has 0 bridgehead atoms. The minimum Gasteiger partial charge on any atom is -0.476 e. The predicted molar refractivity (Wildman–Crippen MR) is 99.4 cm³/mol. The van der Waals surface area contributed by atoms with E-state index in [1.807, 2.05) is 30.3 Å². The number of carbonyl (C=O) groups excluding carboxylic acids is 1. The SMILES string of the molecule is CCC(=O)O[C@H](O[C@@H](C(=O)O)[P+](=O)CCCCc1ccccc1)C(C)C. The van der Waals surface area contributed by atoms with Gasteiger partial charge in [0.2, 0.25) is 6.29 Å². The van der Waals surface area contributed by atoms with Gasteiger partial charge in [-0.3, -0.25) is 9.53 Å². The van der Waals surface area contributed by atoms with E-state index >= 15 is 0 Å². The molecule has 6 nitrogen and oxygen atoms in total. The number of hydrogen-bond donors (Lipinski definition) is 1. The molecule has 1 aromatic carbocycles. The zero-order chi connectivity index (χ0) is 19.5. The number of ether oxygens (including phenoxy) is 2. The van der Waals surface area contributed by atoms with E-state index < -0.39 is 31.9 Å². The third-order valence-electron chi connectivity index (χ3n) is 3.75. The van der Waals surface area contributed by atoms with Gasteiger partial charge in [-0.15, -0.1) is 0 Å². The van der Waals surface area contributed by atoms with Gasteiger partial charge in [0, 0.05) is 12.3 Å². The van der Waals surface area contributed by atoms with Crippen LogP contribution in [0, 0.1) is 5.92 Å². The molecule has 0 aliphatic carbocycles. The van der Waals surface area contributed by atoms with Crippen LogP contribution in [0.2, 0.25) is 0 Å². The average Bonchev–Trinajstić information content (AvgIpc) is 2.62. The van der Waals surface area contributed by atoms with Crippen molar-refractivity contribution in [3.8, 4) is 0 Å². The summed E-state index contributed by atoms with van der Waals surface area (Å²) in [6.45, 7) is 5.14. The van der Waals surface area contributed by atoms with E-state index in [-0.39, 0.29) is 18.5 Å². The van der Waals surface area contributed by atoms with Crippen LogP contribution in [0.15, 0.2) is 30.3 Å². The number of aryl methyl sites for hydroxylation is 1. The topological polar surface area (TPSA) is 89.9 Å². The molecule has 1 aromatic rings. The maximum atomic E-state index is 12.4. The van der Waals surface area contributed by atoms with E-state index in [0.29, 0.717) is 6.42 Å². The van der Waals surface area contributed by atoms with Gasteiger partial charge < -0.3 is 9.84 Å².